The van der Waals surface area contributed by atoms with Gasteiger partial charge in [0.25, 0.3) is 0 Å². The van der Waals surface area contributed by atoms with E-state index < -0.39 is 0 Å². The molecule has 3 rings (SSSR count). The predicted octanol–water partition coefficient (Wildman–Crippen LogP) is 3.61. The maximum atomic E-state index is 12.2. The van der Waals surface area contributed by atoms with Gasteiger partial charge in [-0.25, -0.2) is 4.98 Å². The van der Waals surface area contributed by atoms with Gasteiger partial charge >= 0.3 is 0 Å². The Morgan fingerprint density at radius 3 is 2.75 bits per heavy atom. The number of hydrogen-bond acceptors (Lipinski definition) is 3. The second-order valence-corrected chi connectivity index (χ2v) is 5.58. The number of imidazole rings is 1. The second kappa shape index (κ2) is 7.17. The summed E-state index contributed by atoms with van der Waals surface area (Å²) in [6, 6.07) is 13.3. The molecule has 0 radical (unpaired) electrons. The number of aryl methyl sites for hydroxylation is 2. The monoisotopic (exact) mass is 323 g/mol. The normalized spacial score (nSPS) is 10.8. The van der Waals surface area contributed by atoms with Crippen LogP contribution in [0, 0.1) is 6.92 Å². The summed E-state index contributed by atoms with van der Waals surface area (Å²) in [6.45, 7) is 4.55. The van der Waals surface area contributed by atoms with Crippen LogP contribution in [-0.2, 0) is 11.2 Å². The fourth-order valence-electron chi connectivity index (χ4n) is 2.72. The topological polar surface area (TPSA) is 55.6 Å². The molecule has 0 saturated heterocycles. The van der Waals surface area contributed by atoms with E-state index in [0.29, 0.717) is 19.4 Å². The Kier molecular flexibility index (Phi) is 4.79. The highest BCUT2D eigenvalue weighted by Gasteiger charge is 2.10. The number of pyridine rings is 1. The van der Waals surface area contributed by atoms with Gasteiger partial charge in [-0.3, -0.25) is 4.79 Å². The van der Waals surface area contributed by atoms with Crippen molar-refractivity contribution in [3.63, 3.8) is 0 Å². The SMILES string of the molecule is CCOc1ccc(NC(=O)CCc2c(C)nc3ccccn23)cc1. The van der Waals surface area contributed by atoms with Gasteiger partial charge in [-0.1, -0.05) is 6.07 Å². The lowest BCUT2D eigenvalue weighted by molar-refractivity contribution is -0.116. The molecule has 0 unspecified atom stereocenters. The molecule has 1 aromatic carbocycles. The minimum atomic E-state index is -0.00978. The minimum absolute atomic E-state index is 0.00978. The number of carbonyl (C=O) groups excluding carboxylic acids is 1. The molecular weight excluding hydrogens is 302 g/mol. The molecule has 3 aromatic rings. The molecule has 24 heavy (non-hydrogen) atoms. The molecule has 0 bridgehead atoms. The fraction of sp³-hybridized carbons (Fsp3) is 0.263. The first-order chi connectivity index (χ1) is 11.7. The van der Waals surface area contributed by atoms with Crippen molar-refractivity contribution in [2.75, 3.05) is 11.9 Å². The molecule has 0 aliphatic rings. The van der Waals surface area contributed by atoms with Crippen LogP contribution >= 0.6 is 0 Å². The van der Waals surface area contributed by atoms with Crippen molar-refractivity contribution in [3.05, 3.63) is 60.0 Å². The van der Waals surface area contributed by atoms with Crippen LogP contribution < -0.4 is 10.1 Å². The van der Waals surface area contributed by atoms with E-state index in [4.69, 9.17) is 4.74 Å². The summed E-state index contributed by atoms with van der Waals surface area (Å²) in [7, 11) is 0. The smallest absolute Gasteiger partial charge is 0.224 e. The number of nitrogens with one attached hydrogen (secondary N) is 1. The number of benzene rings is 1. The average molecular weight is 323 g/mol. The number of ether oxygens (including phenoxy) is 1. The first-order valence-corrected chi connectivity index (χ1v) is 8.12. The highest BCUT2D eigenvalue weighted by molar-refractivity contribution is 5.90. The van der Waals surface area contributed by atoms with Crippen LogP contribution in [0.25, 0.3) is 5.65 Å². The van der Waals surface area contributed by atoms with Crippen molar-refractivity contribution >= 4 is 17.2 Å². The van der Waals surface area contributed by atoms with E-state index in [1.807, 2.05) is 66.9 Å². The van der Waals surface area contributed by atoms with Gasteiger partial charge in [-0.2, -0.15) is 0 Å². The lowest BCUT2D eigenvalue weighted by atomic mass is 10.2. The Morgan fingerprint density at radius 2 is 2.00 bits per heavy atom. The van der Waals surface area contributed by atoms with Gasteiger partial charge in [0.15, 0.2) is 0 Å². The Morgan fingerprint density at radius 1 is 1.21 bits per heavy atom. The number of fused-ring (bicyclic) bond motifs is 1. The largest absolute Gasteiger partial charge is 0.494 e. The molecule has 0 fully saturated rings. The number of rotatable bonds is 6. The van der Waals surface area contributed by atoms with Crippen LogP contribution in [0.2, 0.25) is 0 Å². The predicted molar refractivity (Wildman–Crippen MR) is 94.5 cm³/mol. The first-order valence-electron chi connectivity index (χ1n) is 8.12. The summed E-state index contributed by atoms with van der Waals surface area (Å²) in [5.41, 5.74) is 3.73. The fourth-order valence-corrected chi connectivity index (χ4v) is 2.72. The van der Waals surface area contributed by atoms with Gasteiger partial charge in [0.05, 0.1) is 12.3 Å². The summed E-state index contributed by atoms with van der Waals surface area (Å²) in [5.74, 6) is 0.793. The number of amides is 1. The van der Waals surface area contributed by atoms with E-state index >= 15 is 0 Å². The van der Waals surface area contributed by atoms with Crippen molar-refractivity contribution in [3.8, 4) is 5.75 Å². The van der Waals surface area contributed by atoms with Crippen LogP contribution in [0.1, 0.15) is 24.7 Å². The summed E-state index contributed by atoms with van der Waals surface area (Å²) < 4.78 is 7.44. The Bertz CT molecular complexity index is 837. The lowest BCUT2D eigenvalue weighted by Gasteiger charge is -2.07. The van der Waals surface area contributed by atoms with Crippen LogP contribution in [0.3, 0.4) is 0 Å². The number of hydrogen-bond donors (Lipinski definition) is 1. The van der Waals surface area contributed by atoms with Crippen LogP contribution in [-0.4, -0.2) is 21.9 Å². The van der Waals surface area contributed by atoms with E-state index in [1.165, 1.54) is 0 Å². The third-order valence-electron chi connectivity index (χ3n) is 3.87. The third kappa shape index (κ3) is 3.56. The Balaban J connectivity index is 1.61. The molecule has 2 aromatic heterocycles. The number of nitrogens with zero attached hydrogens (tertiary/aromatic N) is 2. The van der Waals surface area contributed by atoms with Crippen LogP contribution in [0.15, 0.2) is 48.7 Å². The van der Waals surface area contributed by atoms with Gasteiger partial charge in [0.1, 0.15) is 11.4 Å². The molecule has 0 saturated carbocycles. The molecule has 0 aliphatic heterocycles. The molecule has 1 amide bonds. The van der Waals surface area contributed by atoms with E-state index in [-0.39, 0.29) is 5.91 Å². The molecule has 2 heterocycles. The molecule has 5 heteroatoms. The van der Waals surface area contributed by atoms with E-state index in [2.05, 4.69) is 10.3 Å². The molecule has 0 aliphatic carbocycles. The number of anilines is 1. The van der Waals surface area contributed by atoms with E-state index in [0.717, 1.165) is 28.5 Å². The lowest BCUT2D eigenvalue weighted by Crippen LogP contribution is -2.13. The second-order valence-electron chi connectivity index (χ2n) is 5.58. The standard InChI is InChI=1S/C19H21N3O2/c1-3-24-16-9-7-15(8-10-16)21-19(23)12-11-17-14(2)20-18-6-4-5-13-22(17)18/h4-10,13H,3,11-12H2,1-2H3,(H,21,23). The van der Waals surface area contributed by atoms with Gasteiger partial charge in [-0.15, -0.1) is 0 Å². The summed E-state index contributed by atoms with van der Waals surface area (Å²) in [6.07, 6.45) is 3.05. The highest BCUT2D eigenvalue weighted by atomic mass is 16.5. The molecule has 0 atom stereocenters. The van der Waals surface area contributed by atoms with Crippen molar-refractivity contribution < 1.29 is 9.53 Å². The molecule has 1 N–H and O–H groups in total. The number of aromatic nitrogens is 2. The summed E-state index contributed by atoms with van der Waals surface area (Å²) in [4.78, 5) is 16.7. The maximum Gasteiger partial charge on any atom is 0.224 e. The summed E-state index contributed by atoms with van der Waals surface area (Å²) in [5, 5.41) is 2.92. The third-order valence-corrected chi connectivity index (χ3v) is 3.87. The molecule has 5 nitrogen and oxygen atoms in total. The minimum Gasteiger partial charge on any atom is -0.494 e. The highest BCUT2D eigenvalue weighted by Crippen LogP contribution is 2.17. The first kappa shape index (κ1) is 16.1. The molecule has 0 spiro atoms. The van der Waals surface area contributed by atoms with Crippen molar-refractivity contribution in [1.29, 1.82) is 0 Å². The quantitative estimate of drug-likeness (QED) is 0.754. The average Bonchev–Trinajstić information content (AvgIpc) is 2.90. The zero-order chi connectivity index (χ0) is 16.9. The van der Waals surface area contributed by atoms with Gasteiger partial charge < -0.3 is 14.5 Å². The van der Waals surface area contributed by atoms with Crippen LogP contribution in [0.4, 0.5) is 5.69 Å². The van der Waals surface area contributed by atoms with Gasteiger partial charge in [0.2, 0.25) is 5.91 Å². The van der Waals surface area contributed by atoms with Crippen molar-refractivity contribution in [2.45, 2.75) is 26.7 Å². The van der Waals surface area contributed by atoms with Crippen molar-refractivity contribution in [1.82, 2.24) is 9.38 Å². The molecule has 124 valence electrons. The van der Waals surface area contributed by atoms with Gasteiger partial charge in [-0.05, 0) is 56.7 Å². The Labute approximate surface area is 141 Å². The van der Waals surface area contributed by atoms with E-state index in [9.17, 15) is 4.79 Å². The number of carbonyl (C=O) groups is 1. The van der Waals surface area contributed by atoms with Crippen LogP contribution in [0.5, 0.6) is 5.75 Å². The Hall–Kier alpha value is -2.82. The maximum absolute atomic E-state index is 12.2. The van der Waals surface area contributed by atoms with Crippen molar-refractivity contribution in [2.24, 2.45) is 0 Å². The zero-order valence-electron chi connectivity index (χ0n) is 14.0. The van der Waals surface area contributed by atoms with E-state index in [1.54, 1.807) is 0 Å². The molecular formula is C19H21N3O2. The zero-order valence-corrected chi connectivity index (χ0v) is 14.0. The van der Waals surface area contributed by atoms with Gasteiger partial charge in [0, 0.05) is 24.0 Å². The summed E-state index contributed by atoms with van der Waals surface area (Å²) >= 11 is 0.